The average molecular weight is 514 g/mol. The third-order valence-corrected chi connectivity index (χ3v) is 16.3. The van der Waals surface area contributed by atoms with Crippen molar-refractivity contribution in [1.82, 2.24) is 0 Å². The van der Waals surface area contributed by atoms with Gasteiger partial charge in [0.1, 0.15) is 0 Å². The summed E-state index contributed by atoms with van der Waals surface area (Å²) in [7, 11) is -1.02. The van der Waals surface area contributed by atoms with Gasteiger partial charge in [0.05, 0.1) is 0 Å². The van der Waals surface area contributed by atoms with Crippen molar-refractivity contribution in [2.45, 2.75) is 37.0 Å². The van der Waals surface area contributed by atoms with Crippen LogP contribution in [0.25, 0.3) is 6.08 Å². The summed E-state index contributed by atoms with van der Waals surface area (Å²) >= 11 is -0.772. The molecule has 22 heavy (non-hydrogen) atoms. The molecular weight excluding hydrogens is 494 g/mol. The molecule has 1 fully saturated rings. The van der Waals surface area contributed by atoms with Crippen molar-refractivity contribution >= 4 is 14.1 Å². The van der Waals surface area contributed by atoms with Crippen molar-refractivity contribution in [3.05, 3.63) is 60.3 Å². The third kappa shape index (κ3) is 3.17. The molecule has 0 amide bonds. The Bertz CT molecular complexity index is 644. The fourth-order valence-corrected chi connectivity index (χ4v) is 16.8. The van der Waals surface area contributed by atoms with Crippen LogP contribution in [0.4, 0.5) is 0 Å². The molecule has 0 bridgehead atoms. The van der Waals surface area contributed by atoms with Crippen LogP contribution in [0.15, 0.2) is 49.2 Å². The Morgan fingerprint density at radius 2 is 1.91 bits per heavy atom. The van der Waals surface area contributed by atoms with E-state index in [0.717, 1.165) is 5.54 Å². The van der Waals surface area contributed by atoms with Gasteiger partial charge in [-0.1, -0.05) is 0 Å². The normalized spacial score (nSPS) is 23.2. The molecule has 4 rings (SSSR count). The number of rotatable bonds is 3. The minimum Gasteiger partial charge on any atom is -1.00 e. The molecule has 1 atom stereocenters. The Morgan fingerprint density at radius 1 is 1.14 bits per heavy atom. The second-order valence-electron chi connectivity index (χ2n) is 6.62. The van der Waals surface area contributed by atoms with E-state index in [1.54, 1.807) is 26.5 Å². The molecule has 1 heterocycles. The molecular formula is C18H20Cl2HfSi. The smallest absolute Gasteiger partial charge is 1.00 e. The van der Waals surface area contributed by atoms with Crippen molar-refractivity contribution in [3.63, 3.8) is 0 Å². The zero-order valence-corrected chi connectivity index (χ0v) is 18.9. The summed E-state index contributed by atoms with van der Waals surface area (Å²) in [6.07, 6.45) is 12.4. The topological polar surface area (TPSA) is 0 Å². The first kappa shape index (κ1) is 18.4. The van der Waals surface area contributed by atoms with Crippen LogP contribution in [0.1, 0.15) is 29.5 Å². The molecule has 0 N–H and O–H groups in total. The van der Waals surface area contributed by atoms with E-state index < -0.39 is 31.0 Å². The van der Waals surface area contributed by atoms with Crippen LogP contribution in [-0.2, 0) is 22.9 Å². The monoisotopic (exact) mass is 514 g/mol. The molecule has 1 aliphatic heterocycles. The zero-order chi connectivity index (χ0) is 13.6. The fourth-order valence-electron chi connectivity index (χ4n) is 3.93. The van der Waals surface area contributed by atoms with Crippen LogP contribution < -0.4 is 24.8 Å². The third-order valence-electron chi connectivity index (χ3n) is 5.20. The Balaban J connectivity index is 0.000000882. The minimum absolute atomic E-state index is 0. The van der Waals surface area contributed by atoms with Crippen LogP contribution in [0, 0.1) is 0 Å². The first-order valence-electron chi connectivity index (χ1n) is 7.69. The summed E-state index contributed by atoms with van der Waals surface area (Å²) < 4.78 is 3.71. The van der Waals surface area contributed by atoms with Gasteiger partial charge in [0.15, 0.2) is 0 Å². The maximum Gasteiger partial charge on any atom is -1.00 e. The second-order valence-corrected chi connectivity index (χ2v) is 16.8. The maximum atomic E-state index is 2.67. The van der Waals surface area contributed by atoms with Gasteiger partial charge in [-0.15, -0.1) is 0 Å². The van der Waals surface area contributed by atoms with E-state index in [1.807, 2.05) is 3.33 Å². The molecule has 0 spiro atoms. The molecule has 1 saturated heterocycles. The Kier molecular flexibility index (Phi) is 6.15. The van der Waals surface area contributed by atoms with E-state index in [-0.39, 0.29) is 24.8 Å². The Morgan fingerprint density at radius 3 is 2.55 bits per heavy atom. The van der Waals surface area contributed by atoms with Gasteiger partial charge in [-0.05, 0) is 0 Å². The van der Waals surface area contributed by atoms with E-state index in [2.05, 4.69) is 55.1 Å². The zero-order valence-electron chi connectivity index (χ0n) is 12.8. The average Bonchev–Trinajstić information content (AvgIpc) is 3.03. The largest absolute Gasteiger partial charge is 1.00 e. The Labute approximate surface area is 158 Å². The van der Waals surface area contributed by atoms with Gasteiger partial charge in [-0.2, -0.15) is 0 Å². The summed E-state index contributed by atoms with van der Waals surface area (Å²) in [5.74, 6) is 0. The number of allylic oxidation sites excluding steroid dienone is 5. The fraction of sp³-hybridized carbons (Fsp3) is 0.333. The number of fused-ring (bicyclic) bond motifs is 1. The van der Waals surface area contributed by atoms with Crippen molar-refractivity contribution < 1.29 is 47.7 Å². The molecule has 0 saturated carbocycles. The molecule has 114 valence electrons. The van der Waals surface area contributed by atoms with Crippen molar-refractivity contribution in [1.29, 1.82) is 0 Å². The first-order valence-corrected chi connectivity index (χ1v) is 14.3. The van der Waals surface area contributed by atoms with Crippen molar-refractivity contribution in [2.75, 3.05) is 0 Å². The summed E-state index contributed by atoms with van der Waals surface area (Å²) in [6, 6.07) is 12.3. The summed E-state index contributed by atoms with van der Waals surface area (Å²) in [5.41, 5.74) is 4.12. The molecule has 1 aromatic carbocycles. The van der Waals surface area contributed by atoms with E-state index in [4.69, 9.17) is 0 Å². The summed E-state index contributed by atoms with van der Waals surface area (Å²) in [4.78, 5) is 0. The SMILES string of the molecule is C[Si]1(C2[C]([Hf+2][C]3=CC=CC3)=Cc3ccccc32)CCC1.[Cl-].[Cl-]. The number of hydrogen-bond acceptors (Lipinski definition) is 0. The standard InChI is InChI=1S/C13H15Si.C5H5.2ClH.Hf/c1-14(9-4-10-14)13-8-7-11-5-2-3-6-12(11)13;1-2-4-5-3-1;;;/h2-3,5-7,13H,4,9-10H2,1H3;1-3H,4H2;2*1H;/q;;;;+2/p-2. The molecule has 0 aromatic heterocycles. The predicted molar refractivity (Wildman–Crippen MR) is 84.8 cm³/mol. The maximum absolute atomic E-state index is 2.67. The van der Waals surface area contributed by atoms with Gasteiger partial charge in [0.2, 0.25) is 0 Å². The molecule has 4 heteroatoms. The van der Waals surface area contributed by atoms with Gasteiger partial charge in [0.25, 0.3) is 0 Å². The quantitative estimate of drug-likeness (QED) is 0.459. The van der Waals surface area contributed by atoms with Gasteiger partial charge in [-0.3, -0.25) is 0 Å². The van der Waals surface area contributed by atoms with Crippen LogP contribution in [0.3, 0.4) is 0 Å². The molecule has 1 unspecified atom stereocenters. The van der Waals surface area contributed by atoms with Gasteiger partial charge in [0, 0.05) is 0 Å². The van der Waals surface area contributed by atoms with Gasteiger partial charge < -0.3 is 24.8 Å². The first-order chi connectivity index (χ1) is 9.76. The van der Waals surface area contributed by atoms with Crippen molar-refractivity contribution in [3.8, 4) is 0 Å². The van der Waals surface area contributed by atoms with Crippen LogP contribution >= 0.6 is 0 Å². The van der Waals surface area contributed by atoms with Crippen LogP contribution in [0.2, 0.25) is 18.6 Å². The van der Waals surface area contributed by atoms with Gasteiger partial charge >= 0.3 is 134 Å². The molecule has 1 aromatic rings. The predicted octanol–water partition coefficient (Wildman–Crippen LogP) is -0.919. The second kappa shape index (κ2) is 7.34. The van der Waals surface area contributed by atoms with E-state index >= 15 is 0 Å². The van der Waals surface area contributed by atoms with Crippen LogP contribution in [0.5, 0.6) is 0 Å². The molecule has 0 nitrogen and oxygen atoms in total. The van der Waals surface area contributed by atoms with Crippen molar-refractivity contribution in [2.24, 2.45) is 0 Å². The molecule has 2 aliphatic carbocycles. The van der Waals surface area contributed by atoms with E-state index in [9.17, 15) is 0 Å². The summed E-state index contributed by atoms with van der Waals surface area (Å²) in [6.45, 7) is 2.67. The number of benzene rings is 1. The Hall–Kier alpha value is 0.107. The van der Waals surface area contributed by atoms with E-state index in [1.165, 1.54) is 12.8 Å². The minimum atomic E-state index is -1.02. The molecule has 3 aliphatic rings. The van der Waals surface area contributed by atoms with E-state index in [0.29, 0.717) is 0 Å². The summed E-state index contributed by atoms with van der Waals surface area (Å²) in [5, 5.41) is 0. The number of halogens is 2. The van der Waals surface area contributed by atoms with Crippen LogP contribution in [-0.4, -0.2) is 8.07 Å². The number of hydrogen-bond donors (Lipinski definition) is 0. The van der Waals surface area contributed by atoms with Gasteiger partial charge in [-0.25, -0.2) is 0 Å². The molecule has 0 radical (unpaired) electrons.